The molecule has 6 heteroatoms. The van der Waals surface area contributed by atoms with Crippen LogP contribution in [0, 0.1) is 6.92 Å². The maximum Gasteiger partial charge on any atom is 0.322 e. The Hall–Kier alpha value is -1.56. The molecule has 1 aromatic carbocycles. The van der Waals surface area contributed by atoms with Gasteiger partial charge in [0.1, 0.15) is 0 Å². The lowest BCUT2D eigenvalue weighted by atomic mass is 10.2. The smallest absolute Gasteiger partial charge is 0.322 e. The monoisotopic (exact) mass is 342 g/mol. The number of carboxylic acid groups (broad SMARTS) is 1. The van der Waals surface area contributed by atoms with E-state index in [0.29, 0.717) is 0 Å². The van der Waals surface area contributed by atoms with Crippen LogP contribution in [0.3, 0.4) is 0 Å². The fraction of sp³-hybridized carbons (Fsp3) is 0.429. The Labute approximate surface area is 127 Å². The second-order valence-corrected chi connectivity index (χ2v) is 5.74. The molecule has 0 spiro atoms. The molecule has 2 N–H and O–H groups in total. The molecule has 0 aliphatic carbocycles. The number of aryl methyl sites for hydroxylation is 1. The predicted octanol–water partition coefficient (Wildman–Crippen LogP) is 3.47. The minimum atomic E-state index is -0.914. The molecular formula is C14H19BrN2O3. The standard InChI is InChI=1S/C14H19BrN2O3/c1-9(2)17(7-6-13(18)19)14(20)16-12-5-4-11(15)8-10(12)3/h4-5,8-9H,6-7H2,1-3H3,(H,16,20)(H,18,19). The minimum absolute atomic E-state index is 0.0646. The summed E-state index contributed by atoms with van der Waals surface area (Å²) < 4.78 is 0.944. The first-order chi connectivity index (χ1) is 9.31. The van der Waals surface area contributed by atoms with Gasteiger partial charge in [0, 0.05) is 22.7 Å². The first-order valence-corrected chi connectivity index (χ1v) is 7.16. The van der Waals surface area contributed by atoms with Crippen LogP contribution in [0.1, 0.15) is 25.8 Å². The van der Waals surface area contributed by atoms with Gasteiger partial charge in [0.25, 0.3) is 0 Å². The zero-order valence-corrected chi connectivity index (χ0v) is 13.4. The van der Waals surface area contributed by atoms with E-state index >= 15 is 0 Å². The molecule has 0 unspecified atom stereocenters. The Kier molecular flexibility index (Phi) is 6.01. The summed E-state index contributed by atoms with van der Waals surface area (Å²) in [6.07, 6.45) is -0.0646. The van der Waals surface area contributed by atoms with Crippen LogP contribution in [0.2, 0.25) is 0 Å². The van der Waals surface area contributed by atoms with Crippen molar-refractivity contribution in [3.8, 4) is 0 Å². The van der Waals surface area contributed by atoms with Gasteiger partial charge in [-0.1, -0.05) is 15.9 Å². The Bertz CT molecular complexity index is 503. The number of halogens is 1. The summed E-state index contributed by atoms with van der Waals surface area (Å²) in [5, 5.41) is 11.5. The topological polar surface area (TPSA) is 69.6 Å². The van der Waals surface area contributed by atoms with Crippen LogP contribution in [-0.4, -0.2) is 34.6 Å². The molecule has 0 aromatic heterocycles. The van der Waals surface area contributed by atoms with Gasteiger partial charge in [0.2, 0.25) is 0 Å². The molecule has 0 atom stereocenters. The molecule has 0 bridgehead atoms. The van der Waals surface area contributed by atoms with Gasteiger partial charge >= 0.3 is 12.0 Å². The highest BCUT2D eigenvalue weighted by Crippen LogP contribution is 2.20. The van der Waals surface area contributed by atoms with Crippen LogP contribution in [0.25, 0.3) is 0 Å². The molecule has 1 aromatic rings. The first kappa shape index (κ1) is 16.5. The normalized spacial score (nSPS) is 10.4. The van der Waals surface area contributed by atoms with Gasteiger partial charge in [0.05, 0.1) is 6.42 Å². The molecule has 0 saturated heterocycles. The zero-order valence-electron chi connectivity index (χ0n) is 11.8. The number of carbonyl (C=O) groups is 2. The lowest BCUT2D eigenvalue weighted by molar-refractivity contribution is -0.137. The summed E-state index contributed by atoms with van der Waals surface area (Å²) in [6, 6.07) is 5.22. The number of carboxylic acids is 1. The van der Waals surface area contributed by atoms with E-state index in [1.165, 1.54) is 4.90 Å². The van der Waals surface area contributed by atoms with Gasteiger partial charge < -0.3 is 15.3 Å². The molecule has 1 rings (SSSR count). The van der Waals surface area contributed by atoms with Crippen LogP contribution in [0.4, 0.5) is 10.5 Å². The summed E-state index contributed by atoms with van der Waals surface area (Å²) in [6.45, 7) is 5.80. The van der Waals surface area contributed by atoms with Gasteiger partial charge in [-0.3, -0.25) is 4.79 Å². The number of anilines is 1. The SMILES string of the molecule is Cc1cc(Br)ccc1NC(=O)N(CCC(=O)O)C(C)C. The van der Waals surface area contributed by atoms with Gasteiger partial charge in [-0.15, -0.1) is 0 Å². The number of carbonyl (C=O) groups excluding carboxylic acids is 1. The fourth-order valence-electron chi connectivity index (χ4n) is 1.76. The van der Waals surface area contributed by atoms with E-state index in [1.807, 2.05) is 39.0 Å². The maximum atomic E-state index is 12.2. The van der Waals surface area contributed by atoms with Crippen LogP contribution in [0.5, 0.6) is 0 Å². The predicted molar refractivity (Wildman–Crippen MR) is 82.0 cm³/mol. The number of urea groups is 1. The molecule has 5 nitrogen and oxygen atoms in total. The van der Waals surface area contributed by atoms with Crippen LogP contribution in [0.15, 0.2) is 22.7 Å². The van der Waals surface area contributed by atoms with Crippen molar-refractivity contribution in [1.29, 1.82) is 0 Å². The van der Waals surface area contributed by atoms with Crippen molar-refractivity contribution in [2.24, 2.45) is 0 Å². The van der Waals surface area contributed by atoms with E-state index in [1.54, 1.807) is 0 Å². The summed E-state index contributed by atoms with van der Waals surface area (Å²) in [5.74, 6) is -0.914. The van der Waals surface area contributed by atoms with E-state index in [9.17, 15) is 9.59 Å². The molecule has 0 fully saturated rings. The number of benzene rings is 1. The number of nitrogens with zero attached hydrogens (tertiary/aromatic N) is 1. The van der Waals surface area contributed by atoms with Crippen molar-refractivity contribution in [3.05, 3.63) is 28.2 Å². The van der Waals surface area contributed by atoms with Crippen LogP contribution >= 0.6 is 15.9 Å². The second kappa shape index (κ2) is 7.28. The van der Waals surface area contributed by atoms with Crippen molar-refractivity contribution < 1.29 is 14.7 Å². The largest absolute Gasteiger partial charge is 0.481 e. The van der Waals surface area contributed by atoms with Crippen molar-refractivity contribution in [1.82, 2.24) is 4.90 Å². The Morgan fingerprint density at radius 3 is 2.55 bits per heavy atom. The van der Waals surface area contributed by atoms with Gasteiger partial charge in [-0.05, 0) is 44.5 Å². The Balaban J connectivity index is 2.77. The third kappa shape index (κ3) is 4.85. The van der Waals surface area contributed by atoms with Crippen molar-refractivity contribution in [3.63, 3.8) is 0 Å². The van der Waals surface area contributed by atoms with Crippen molar-refractivity contribution in [2.75, 3.05) is 11.9 Å². The van der Waals surface area contributed by atoms with E-state index in [4.69, 9.17) is 5.11 Å². The van der Waals surface area contributed by atoms with Crippen molar-refractivity contribution in [2.45, 2.75) is 33.2 Å². The lowest BCUT2D eigenvalue weighted by Crippen LogP contribution is -2.41. The Morgan fingerprint density at radius 1 is 1.40 bits per heavy atom. The van der Waals surface area contributed by atoms with Crippen LogP contribution in [-0.2, 0) is 4.79 Å². The van der Waals surface area contributed by atoms with E-state index in [0.717, 1.165) is 15.7 Å². The van der Waals surface area contributed by atoms with Crippen LogP contribution < -0.4 is 5.32 Å². The molecular weight excluding hydrogens is 324 g/mol. The third-order valence-corrected chi connectivity index (χ3v) is 3.37. The van der Waals surface area contributed by atoms with Gasteiger partial charge in [-0.25, -0.2) is 4.79 Å². The van der Waals surface area contributed by atoms with E-state index < -0.39 is 5.97 Å². The number of hydrogen-bond acceptors (Lipinski definition) is 2. The summed E-state index contributed by atoms with van der Waals surface area (Å²) in [4.78, 5) is 24.4. The Morgan fingerprint density at radius 2 is 2.05 bits per heavy atom. The van der Waals surface area contributed by atoms with Gasteiger partial charge in [0.15, 0.2) is 0 Å². The minimum Gasteiger partial charge on any atom is -0.481 e. The number of nitrogens with one attached hydrogen (secondary N) is 1. The molecule has 0 saturated carbocycles. The highest BCUT2D eigenvalue weighted by atomic mass is 79.9. The number of hydrogen-bond donors (Lipinski definition) is 2. The molecule has 20 heavy (non-hydrogen) atoms. The summed E-state index contributed by atoms with van der Waals surface area (Å²) in [7, 11) is 0. The highest BCUT2D eigenvalue weighted by molar-refractivity contribution is 9.10. The number of aliphatic carboxylic acids is 1. The maximum absolute atomic E-state index is 12.2. The number of rotatable bonds is 5. The van der Waals surface area contributed by atoms with Crippen molar-refractivity contribution >= 4 is 33.6 Å². The third-order valence-electron chi connectivity index (χ3n) is 2.88. The highest BCUT2D eigenvalue weighted by Gasteiger charge is 2.18. The zero-order chi connectivity index (χ0) is 15.3. The molecule has 2 amide bonds. The average molecular weight is 343 g/mol. The average Bonchev–Trinajstić information content (AvgIpc) is 2.32. The molecule has 0 radical (unpaired) electrons. The molecule has 110 valence electrons. The summed E-state index contributed by atoms with van der Waals surface area (Å²) >= 11 is 3.37. The first-order valence-electron chi connectivity index (χ1n) is 6.37. The number of amides is 2. The molecule has 0 heterocycles. The molecule has 0 aliphatic heterocycles. The van der Waals surface area contributed by atoms with E-state index in [-0.39, 0.29) is 25.0 Å². The fourth-order valence-corrected chi connectivity index (χ4v) is 2.24. The summed E-state index contributed by atoms with van der Waals surface area (Å²) in [5.41, 5.74) is 1.66. The van der Waals surface area contributed by atoms with E-state index in [2.05, 4.69) is 21.2 Å². The second-order valence-electron chi connectivity index (χ2n) is 4.82. The van der Waals surface area contributed by atoms with Gasteiger partial charge in [-0.2, -0.15) is 0 Å². The molecule has 0 aliphatic rings. The quantitative estimate of drug-likeness (QED) is 0.860. The lowest BCUT2D eigenvalue weighted by Gasteiger charge is -2.26.